The van der Waals surface area contributed by atoms with Gasteiger partial charge in [-0.1, -0.05) is 0 Å². The monoisotopic (exact) mass is 467 g/mol. The van der Waals surface area contributed by atoms with E-state index in [0.29, 0.717) is 0 Å². The van der Waals surface area contributed by atoms with E-state index in [-0.39, 0.29) is 51.2 Å². The van der Waals surface area contributed by atoms with Crippen LogP contribution in [0.3, 0.4) is 0 Å². The minimum Gasteiger partial charge on any atom is -0.759 e. The molecule has 0 aliphatic carbocycles. The van der Waals surface area contributed by atoms with Gasteiger partial charge in [0.1, 0.15) is 0 Å². The first kappa shape index (κ1) is 36.1. The van der Waals surface area contributed by atoms with Crippen LogP contribution in [0.4, 0.5) is 0 Å². The van der Waals surface area contributed by atoms with Crippen molar-refractivity contribution in [3.63, 3.8) is 0 Å². The molecule has 16 heavy (non-hydrogen) atoms. The van der Waals surface area contributed by atoms with Crippen molar-refractivity contribution in [2.24, 2.45) is 0 Å². The molecule has 0 N–H and O–H groups in total. The second-order valence-electron chi connectivity index (χ2n) is 0.875. The summed E-state index contributed by atoms with van der Waals surface area (Å²) in [4.78, 5) is 0. The van der Waals surface area contributed by atoms with Crippen LogP contribution in [-0.2, 0) is 75.8 Å². The van der Waals surface area contributed by atoms with Crippen LogP contribution in [0.25, 0.3) is 0 Å². The molecule has 16 heteroatoms. The van der Waals surface area contributed by atoms with Crippen molar-refractivity contribution >= 4 is 44.5 Å². The van der Waals surface area contributed by atoms with Gasteiger partial charge in [-0.3, -0.25) is 16.8 Å². The molecule has 3 radical (unpaired) electrons. The van der Waals surface area contributed by atoms with Gasteiger partial charge in [0, 0.05) is 20.8 Å². The van der Waals surface area contributed by atoms with Gasteiger partial charge in [-0.15, -0.1) is 0 Å². The fourth-order valence-corrected chi connectivity index (χ4v) is 0. The van der Waals surface area contributed by atoms with Crippen molar-refractivity contribution in [1.29, 1.82) is 0 Å². The van der Waals surface area contributed by atoms with E-state index >= 15 is 0 Å². The Morgan fingerprint density at radius 2 is 0.688 bits per heavy atom. The van der Waals surface area contributed by atoms with E-state index in [1.54, 1.807) is 0 Å². The predicted octanol–water partition coefficient (Wildman–Crippen LogP) is -1.37. The third kappa shape index (κ3) is 1030. The van der Waals surface area contributed by atoms with Gasteiger partial charge < -0.3 is 18.2 Å². The van der Waals surface area contributed by atoms with Crippen LogP contribution < -0.4 is 0 Å². The molecule has 0 saturated heterocycles. The van der Waals surface area contributed by atoms with Crippen molar-refractivity contribution in [3.05, 3.63) is 0 Å². The van der Waals surface area contributed by atoms with Crippen molar-refractivity contribution in [1.82, 2.24) is 0 Å². The quantitative estimate of drug-likeness (QED) is 0.236. The zero-order valence-electron chi connectivity index (χ0n) is 6.15. The Morgan fingerprint density at radius 1 is 0.688 bits per heavy atom. The Labute approximate surface area is 134 Å². The van der Waals surface area contributed by atoms with E-state index in [4.69, 9.17) is 35.0 Å². The molecule has 0 aromatic rings. The van der Waals surface area contributed by atoms with Crippen molar-refractivity contribution in [2.75, 3.05) is 0 Å². The van der Waals surface area contributed by atoms with Gasteiger partial charge in [0.05, 0.1) is 23.7 Å². The van der Waals surface area contributed by atoms with Gasteiger partial charge in [0.2, 0.25) is 0 Å². The first-order valence-corrected chi connectivity index (χ1v) is 4.93. The Balaban J connectivity index is -0.0000000220. The summed E-state index contributed by atoms with van der Waals surface area (Å²) in [6.07, 6.45) is 0. The van der Waals surface area contributed by atoms with Crippen molar-refractivity contribution < 1.29 is 90.1 Å². The van der Waals surface area contributed by atoms with E-state index in [1.165, 1.54) is 0 Å². The predicted molar refractivity (Wildman–Crippen MR) is 33.7 cm³/mol. The van der Waals surface area contributed by atoms with Crippen LogP contribution in [-0.4, -0.2) is 35.0 Å². The van der Waals surface area contributed by atoms with Gasteiger partial charge in [-0.05, 0) is 0 Å². The van der Waals surface area contributed by atoms with E-state index in [1.807, 2.05) is 0 Å². The third-order valence-corrected chi connectivity index (χ3v) is 0. The molecule has 0 bridgehead atoms. The zero-order chi connectivity index (χ0) is 11.7. The molecule has 0 aromatic heterocycles. The zero-order valence-corrected chi connectivity index (χ0v) is 12.1. The Hall–Kier alpha value is 1.84. The molecule has 0 atom stereocenters. The average molecular weight is 470 g/mol. The van der Waals surface area contributed by atoms with Crippen LogP contribution >= 0.6 is 23.7 Å². The van der Waals surface area contributed by atoms with Gasteiger partial charge in [-0.25, -0.2) is 0 Å². The Morgan fingerprint density at radius 3 is 0.688 bits per heavy atom. The molecule has 0 aliphatic heterocycles. The standard InChI is InChI=1S/Cl2O.3Cu.2H2O4S/c1-3-2;;;;2*1-5(2,3)4/h;;;;2*(H2,1,2,3,4)/q;3*+2;;/p-4. The molecule has 0 aromatic carbocycles. The van der Waals surface area contributed by atoms with Gasteiger partial charge in [-0.2, -0.15) is 3.84 Å². The second-order valence-corrected chi connectivity index (χ2v) is 2.97. The number of hydrogen-bond donors (Lipinski definition) is 0. The number of halogens is 2. The summed E-state index contributed by atoms with van der Waals surface area (Å²) in [5, 5.41) is 0. The number of hydrogen-bond acceptors (Lipinski definition) is 9. The topological polar surface area (TPSA) is 170 Å². The van der Waals surface area contributed by atoms with Gasteiger partial charge in [0.25, 0.3) is 0 Å². The molecule has 0 rings (SSSR count). The van der Waals surface area contributed by atoms with E-state index in [2.05, 4.69) is 27.6 Å². The molecule has 0 heterocycles. The summed E-state index contributed by atoms with van der Waals surface area (Å²) in [5.41, 5.74) is 0. The molecule has 0 spiro atoms. The van der Waals surface area contributed by atoms with E-state index in [0.717, 1.165) is 0 Å². The third-order valence-electron chi connectivity index (χ3n) is 0. The molecule has 0 unspecified atom stereocenters. The van der Waals surface area contributed by atoms with Crippen LogP contribution in [0.15, 0.2) is 0 Å². The van der Waals surface area contributed by atoms with Gasteiger partial charge >= 0.3 is 51.2 Å². The Kier molecular flexibility index (Phi) is 43.3. The molecular weight excluding hydrogens is 470 g/mol. The SMILES string of the molecule is ClOCl.O=S(=O)([O-])[O-].O=S(=O)([O-])[O-].[Cu+2].[Cu+2].[Cu+2]. The molecule has 0 saturated carbocycles. The molecule has 9 nitrogen and oxygen atoms in total. The minimum absolute atomic E-state index is 0. The summed E-state index contributed by atoms with van der Waals surface area (Å²) in [6.45, 7) is 0. The second kappa shape index (κ2) is 19.2. The largest absolute Gasteiger partial charge is 2.00 e. The van der Waals surface area contributed by atoms with Crippen LogP contribution in [0.1, 0.15) is 0 Å². The number of rotatable bonds is 0. The smallest absolute Gasteiger partial charge is 0.759 e. The van der Waals surface area contributed by atoms with E-state index in [9.17, 15) is 0 Å². The van der Waals surface area contributed by atoms with E-state index < -0.39 is 20.8 Å². The maximum absolute atomic E-state index is 8.52. The fraction of sp³-hybridized carbons (Fsp3) is 0. The molecule has 0 aliphatic rings. The fourth-order valence-electron chi connectivity index (χ4n) is 0. The molecule has 111 valence electrons. The van der Waals surface area contributed by atoms with Gasteiger partial charge in [0.15, 0.2) is 0 Å². The van der Waals surface area contributed by atoms with Crippen LogP contribution in [0, 0.1) is 0 Å². The summed E-state index contributed by atoms with van der Waals surface area (Å²) in [5.74, 6) is 0. The van der Waals surface area contributed by atoms with Crippen LogP contribution in [0.2, 0.25) is 0 Å². The summed E-state index contributed by atoms with van der Waals surface area (Å²) in [7, 11) is -10.3. The Bertz CT molecular complexity index is 236. The molecular formula is Cl2Cu3O9S2+2. The summed E-state index contributed by atoms with van der Waals surface area (Å²) < 4.78 is 71.4. The van der Waals surface area contributed by atoms with Crippen molar-refractivity contribution in [3.8, 4) is 0 Å². The van der Waals surface area contributed by atoms with Crippen LogP contribution in [0.5, 0.6) is 0 Å². The maximum Gasteiger partial charge on any atom is 2.00 e. The molecule has 0 amide bonds. The average Bonchev–Trinajstić information content (AvgIpc) is 1.52. The maximum atomic E-state index is 8.52. The normalized spacial score (nSPS) is 8.38. The first-order chi connectivity index (χ1) is 5.41. The summed E-state index contributed by atoms with van der Waals surface area (Å²) >= 11 is 8.53. The molecule has 0 fully saturated rings. The first-order valence-electron chi connectivity index (χ1n) is 1.64. The summed E-state index contributed by atoms with van der Waals surface area (Å²) in [6, 6.07) is 0. The van der Waals surface area contributed by atoms with Crippen molar-refractivity contribution in [2.45, 2.75) is 0 Å². The minimum atomic E-state index is -5.17.